The first-order valence-electron chi connectivity index (χ1n) is 8.36. The monoisotopic (exact) mass is 360 g/mol. The summed E-state index contributed by atoms with van der Waals surface area (Å²) in [5.74, 6) is -1.73. The highest BCUT2D eigenvalue weighted by atomic mass is 19.1. The Bertz CT molecular complexity index is 791. The average Bonchev–Trinajstić information content (AvgIpc) is 2.62. The fourth-order valence-electron chi connectivity index (χ4n) is 2.37. The number of hydrogen-bond donors (Lipinski definition) is 2. The van der Waals surface area contributed by atoms with Crippen molar-refractivity contribution in [3.63, 3.8) is 0 Å². The molecule has 2 amide bonds. The van der Waals surface area contributed by atoms with Crippen LogP contribution >= 0.6 is 0 Å². The van der Waals surface area contributed by atoms with Gasteiger partial charge in [0.05, 0.1) is 0 Å². The quantitative estimate of drug-likeness (QED) is 0.746. The summed E-state index contributed by atoms with van der Waals surface area (Å²) in [6.07, 6.45) is 0.325. The highest BCUT2D eigenvalue weighted by molar-refractivity contribution is 6.04. The average molecular weight is 360 g/mol. The number of halogens is 2. The van der Waals surface area contributed by atoms with Gasteiger partial charge in [-0.1, -0.05) is 36.4 Å². The zero-order valence-corrected chi connectivity index (χ0v) is 14.8. The van der Waals surface area contributed by atoms with Crippen molar-refractivity contribution >= 4 is 11.8 Å². The molecule has 0 saturated heterocycles. The standard InChI is InChI=1S/C20H22F2N2O2/c1-20(2,19(26)24-13-15-8-4-6-10-17(15)22)18(25)23-12-11-14-7-3-5-9-16(14)21/h3-10H,11-13H2,1-2H3,(H,23,25)(H,24,26). The molecule has 138 valence electrons. The van der Waals surface area contributed by atoms with E-state index in [1.165, 1.54) is 26.0 Å². The Morgan fingerprint density at radius 3 is 1.92 bits per heavy atom. The van der Waals surface area contributed by atoms with E-state index < -0.39 is 23.0 Å². The van der Waals surface area contributed by atoms with Crippen LogP contribution in [-0.2, 0) is 22.6 Å². The molecular weight excluding hydrogens is 338 g/mol. The zero-order chi connectivity index (χ0) is 19.2. The molecule has 0 unspecified atom stereocenters. The van der Waals surface area contributed by atoms with Crippen LogP contribution < -0.4 is 10.6 Å². The van der Waals surface area contributed by atoms with Crippen LogP contribution in [-0.4, -0.2) is 18.4 Å². The Hall–Kier alpha value is -2.76. The second kappa shape index (κ2) is 8.56. The van der Waals surface area contributed by atoms with Crippen LogP contribution in [0.5, 0.6) is 0 Å². The molecule has 4 nitrogen and oxygen atoms in total. The van der Waals surface area contributed by atoms with E-state index in [0.717, 1.165) is 0 Å². The van der Waals surface area contributed by atoms with Crippen molar-refractivity contribution in [1.82, 2.24) is 10.6 Å². The lowest BCUT2D eigenvalue weighted by Gasteiger charge is -2.23. The molecule has 2 N–H and O–H groups in total. The van der Waals surface area contributed by atoms with Crippen molar-refractivity contribution in [1.29, 1.82) is 0 Å². The molecule has 0 heterocycles. The number of nitrogens with one attached hydrogen (secondary N) is 2. The van der Waals surface area contributed by atoms with Gasteiger partial charge in [0.2, 0.25) is 11.8 Å². The fourth-order valence-corrected chi connectivity index (χ4v) is 2.37. The van der Waals surface area contributed by atoms with E-state index in [4.69, 9.17) is 0 Å². The van der Waals surface area contributed by atoms with Crippen molar-refractivity contribution in [2.45, 2.75) is 26.8 Å². The molecular formula is C20H22F2N2O2. The lowest BCUT2D eigenvalue weighted by Crippen LogP contribution is -2.48. The van der Waals surface area contributed by atoms with Gasteiger partial charge in [0.25, 0.3) is 0 Å². The Morgan fingerprint density at radius 2 is 1.35 bits per heavy atom. The van der Waals surface area contributed by atoms with E-state index >= 15 is 0 Å². The molecule has 2 aromatic carbocycles. The van der Waals surface area contributed by atoms with Gasteiger partial charge in [-0.2, -0.15) is 0 Å². The van der Waals surface area contributed by atoms with Crippen LogP contribution in [0.3, 0.4) is 0 Å². The van der Waals surface area contributed by atoms with E-state index in [1.54, 1.807) is 36.4 Å². The summed E-state index contributed by atoms with van der Waals surface area (Å²) in [4.78, 5) is 24.6. The number of amides is 2. The first kappa shape index (κ1) is 19.6. The van der Waals surface area contributed by atoms with Gasteiger partial charge in [-0.3, -0.25) is 9.59 Å². The van der Waals surface area contributed by atoms with Gasteiger partial charge < -0.3 is 10.6 Å². The minimum Gasteiger partial charge on any atom is -0.355 e. The second-order valence-corrected chi connectivity index (χ2v) is 6.50. The summed E-state index contributed by atoms with van der Waals surface area (Å²) in [5.41, 5.74) is -0.494. The number of carbonyl (C=O) groups excluding carboxylic acids is 2. The molecule has 0 aliphatic rings. The summed E-state index contributed by atoms with van der Waals surface area (Å²) in [7, 11) is 0. The molecule has 0 aliphatic carbocycles. The van der Waals surface area contributed by atoms with Gasteiger partial charge in [0.15, 0.2) is 0 Å². The Morgan fingerprint density at radius 1 is 0.846 bits per heavy atom. The Kier molecular flexibility index (Phi) is 6.44. The smallest absolute Gasteiger partial charge is 0.235 e. The lowest BCUT2D eigenvalue weighted by molar-refractivity contribution is -0.141. The molecule has 0 spiro atoms. The Balaban J connectivity index is 1.87. The first-order chi connectivity index (χ1) is 12.3. The summed E-state index contributed by atoms with van der Waals surface area (Å²) < 4.78 is 27.2. The SMILES string of the molecule is CC(C)(C(=O)NCCc1ccccc1F)C(=O)NCc1ccccc1F. The topological polar surface area (TPSA) is 58.2 Å². The zero-order valence-electron chi connectivity index (χ0n) is 14.8. The van der Waals surface area contributed by atoms with Crippen molar-refractivity contribution in [2.75, 3.05) is 6.54 Å². The van der Waals surface area contributed by atoms with Gasteiger partial charge in [-0.05, 0) is 38.0 Å². The van der Waals surface area contributed by atoms with E-state index in [-0.39, 0.29) is 18.9 Å². The summed E-state index contributed by atoms with van der Waals surface area (Å²) in [5, 5.41) is 5.23. The van der Waals surface area contributed by atoms with Crippen LogP contribution in [0.15, 0.2) is 48.5 Å². The van der Waals surface area contributed by atoms with Crippen LogP contribution in [0.4, 0.5) is 8.78 Å². The summed E-state index contributed by atoms with van der Waals surface area (Å²) in [6.45, 7) is 3.19. The maximum absolute atomic E-state index is 13.6. The highest BCUT2D eigenvalue weighted by Gasteiger charge is 2.35. The molecule has 0 fully saturated rings. The van der Waals surface area contributed by atoms with Gasteiger partial charge >= 0.3 is 0 Å². The molecule has 0 aliphatic heterocycles. The van der Waals surface area contributed by atoms with Crippen LogP contribution in [0, 0.1) is 17.0 Å². The molecule has 2 aromatic rings. The maximum Gasteiger partial charge on any atom is 0.235 e. The molecule has 6 heteroatoms. The van der Waals surface area contributed by atoms with E-state index in [9.17, 15) is 18.4 Å². The second-order valence-electron chi connectivity index (χ2n) is 6.50. The van der Waals surface area contributed by atoms with Gasteiger partial charge in [-0.25, -0.2) is 8.78 Å². The third-order valence-electron chi connectivity index (χ3n) is 4.17. The number of rotatable bonds is 7. The number of carbonyl (C=O) groups is 2. The predicted octanol–water partition coefficient (Wildman–Crippen LogP) is 2.97. The fraction of sp³-hybridized carbons (Fsp3) is 0.300. The van der Waals surface area contributed by atoms with Gasteiger partial charge in [-0.15, -0.1) is 0 Å². The number of hydrogen-bond acceptors (Lipinski definition) is 2. The minimum atomic E-state index is -1.33. The number of benzene rings is 2. The van der Waals surface area contributed by atoms with Gasteiger partial charge in [0, 0.05) is 18.7 Å². The van der Waals surface area contributed by atoms with E-state index in [0.29, 0.717) is 17.5 Å². The molecule has 26 heavy (non-hydrogen) atoms. The molecule has 2 rings (SSSR count). The third kappa shape index (κ3) is 4.88. The largest absolute Gasteiger partial charge is 0.355 e. The summed E-state index contributed by atoms with van der Waals surface area (Å²) >= 11 is 0. The minimum absolute atomic E-state index is 0.00254. The van der Waals surface area contributed by atoms with Gasteiger partial charge in [0.1, 0.15) is 17.0 Å². The molecule has 0 saturated carbocycles. The summed E-state index contributed by atoms with van der Waals surface area (Å²) in [6, 6.07) is 12.4. The van der Waals surface area contributed by atoms with Crippen LogP contribution in [0.2, 0.25) is 0 Å². The lowest BCUT2D eigenvalue weighted by atomic mass is 9.91. The van der Waals surface area contributed by atoms with E-state index in [1.807, 2.05) is 0 Å². The molecule has 0 atom stereocenters. The molecule has 0 bridgehead atoms. The van der Waals surface area contributed by atoms with Crippen molar-refractivity contribution < 1.29 is 18.4 Å². The van der Waals surface area contributed by atoms with Crippen LogP contribution in [0.1, 0.15) is 25.0 Å². The molecule has 0 radical (unpaired) electrons. The van der Waals surface area contributed by atoms with Crippen molar-refractivity contribution in [2.24, 2.45) is 5.41 Å². The van der Waals surface area contributed by atoms with Crippen molar-refractivity contribution in [3.8, 4) is 0 Å². The van der Waals surface area contributed by atoms with E-state index in [2.05, 4.69) is 10.6 Å². The highest BCUT2D eigenvalue weighted by Crippen LogP contribution is 2.16. The normalized spacial score (nSPS) is 11.1. The van der Waals surface area contributed by atoms with Crippen molar-refractivity contribution in [3.05, 3.63) is 71.3 Å². The predicted molar refractivity (Wildman–Crippen MR) is 95.1 cm³/mol. The Labute approximate surface area is 151 Å². The maximum atomic E-state index is 13.6. The first-order valence-corrected chi connectivity index (χ1v) is 8.36. The van der Waals surface area contributed by atoms with Crippen LogP contribution in [0.25, 0.3) is 0 Å². The molecule has 0 aromatic heterocycles. The third-order valence-corrected chi connectivity index (χ3v) is 4.17.